The van der Waals surface area contributed by atoms with Crippen molar-refractivity contribution >= 4 is 39.1 Å². The van der Waals surface area contributed by atoms with Crippen molar-refractivity contribution in [2.24, 2.45) is 0 Å². The highest BCUT2D eigenvalue weighted by Gasteiger charge is 2.20. The Kier molecular flexibility index (Phi) is 4.46. The lowest BCUT2D eigenvalue weighted by Gasteiger charge is -2.28. The lowest BCUT2D eigenvalue weighted by molar-refractivity contribution is 0.831. The topological polar surface area (TPSA) is 29.0 Å². The van der Waals surface area contributed by atoms with Gasteiger partial charge in [0.05, 0.1) is 5.39 Å². The van der Waals surface area contributed by atoms with Crippen molar-refractivity contribution < 1.29 is 0 Å². The van der Waals surface area contributed by atoms with E-state index in [-0.39, 0.29) is 0 Å². The Labute approximate surface area is 151 Å². The number of thioether (sulfide) groups is 1. The highest BCUT2D eigenvalue weighted by molar-refractivity contribution is 7.99. The Hall–Kier alpha value is -1.59. The summed E-state index contributed by atoms with van der Waals surface area (Å²) in [5.74, 6) is 4.44. The normalized spacial score (nSPS) is 15.2. The summed E-state index contributed by atoms with van der Waals surface area (Å²) in [6, 6.07) is 10.5. The fraction of sp³-hybridized carbons (Fsp3) is 0.368. The SMILES string of the molecule is Cc1sc2nc(Cc3ccccc3)nc(N3CCSCC3)c2c1C. The first-order valence-corrected chi connectivity index (χ1v) is 10.3. The maximum absolute atomic E-state index is 5.01. The van der Waals surface area contributed by atoms with Gasteiger partial charge in [-0.15, -0.1) is 11.3 Å². The molecule has 0 radical (unpaired) electrons. The summed E-state index contributed by atoms with van der Waals surface area (Å²) in [6.07, 6.45) is 0.794. The zero-order valence-corrected chi connectivity index (χ0v) is 15.7. The second-order valence-corrected chi connectivity index (χ2v) is 8.62. The molecule has 4 rings (SSSR count). The molecule has 0 aliphatic carbocycles. The van der Waals surface area contributed by atoms with Gasteiger partial charge in [0.1, 0.15) is 16.5 Å². The lowest BCUT2D eigenvalue weighted by Crippen LogP contribution is -2.33. The molecule has 0 spiro atoms. The van der Waals surface area contributed by atoms with Crippen LogP contribution in [0.15, 0.2) is 30.3 Å². The van der Waals surface area contributed by atoms with Crippen LogP contribution < -0.4 is 4.90 Å². The molecule has 1 fully saturated rings. The van der Waals surface area contributed by atoms with Crippen LogP contribution in [0.4, 0.5) is 5.82 Å². The van der Waals surface area contributed by atoms with Crippen LogP contribution >= 0.6 is 23.1 Å². The number of nitrogens with zero attached hydrogens (tertiary/aromatic N) is 3. The highest BCUT2D eigenvalue weighted by Crippen LogP contribution is 2.36. The van der Waals surface area contributed by atoms with Crippen molar-refractivity contribution in [2.45, 2.75) is 20.3 Å². The molecule has 0 N–H and O–H groups in total. The van der Waals surface area contributed by atoms with E-state index < -0.39 is 0 Å². The Morgan fingerprint density at radius 1 is 1.04 bits per heavy atom. The van der Waals surface area contributed by atoms with Gasteiger partial charge in [0.15, 0.2) is 0 Å². The third-order valence-corrected chi connectivity index (χ3v) is 6.62. The third-order valence-electron chi connectivity index (χ3n) is 4.57. The van der Waals surface area contributed by atoms with E-state index in [0.29, 0.717) is 0 Å². The minimum absolute atomic E-state index is 0.794. The second kappa shape index (κ2) is 6.73. The van der Waals surface area contributed by atoms with Crippen molar-refractivity contribution in [3.05, 3.63) is 52.2 Å². The van der Waals surface area contributed by atoms with Gasteiger partial charge in [-0.1, -0.05) is 30.3 Å². The number of thiophene rings is 1. The van der Waals surface area contributed by atoms with Crippen molar-refractivity contribution in [1.29, 1.82) is 0 Å². The molecular weight excluding hydrogens is 334 g/mol. The first-order chi connectivity index (χ1) is 11.7. The molecule has 124 valence electrons. The van der Waals surface area contributed by atoms with Gasteiger partial charge in [0.2, 0.25) is 0 Å². The average Bonchev–Trinajstić information content (AvgIpc) is 2.90. The Morgan fingerprint density at radius 2 is 1.79 bits per heavy atom. The third kappa shape index (κ3) is 3.03. The second-order valence-electron chi connectivity index (χ2n) is 6.19. The van der Waals surface area contributed by atoms with Crippen molar-refractivity contribution in [3.8, 4) is 0 Å². The standard InChI is InChI=1S/C19H21N3S2/c1-13-14(2)24-19-17(13)18(22-8-10-23-11-9-22)20-16(21-19)12-15-6-4-3-5-7-15/h3-7H,8-12H2,1-2H3. The number of aromatic nitrogens is 2. The molecule has 0 bridgehead atoms. The van der Waals surface area contributed by atoms with E-state index in [0.717, 1.165) is 36.0 Å². The summed E-state index contributed by atoms with van der Waals surface area (Å²) >= 11 is 3.83. The predicted molar refractivity (Wildman–Crippen MR) is 106 cm³/mol. The van der Waals surface area contributed by atoms with E-state index >= 15 is 0 Å². The molecular formula is C19H21N3S2. The largest absolute Gasteiger partial charge is 0.354 e. The van der Waals surface area contributed by atoms with Gasteiger partial charge >= 0.3 is 0 Å². The summed E-state index contributed by atoms with van der Waals surface area (Å²) in [7, 11) is 0. The zero-order chi connectivity index (χ0) is 16.5. The maximum Gasteiger partial charge on any atom is 0.141 e. The molecule has 24 heavy (non-hydrogen) atoms. The number of anilines is 1. The molecule has 1 aliphatic rings. The molecule has 3 heterocycles. The van der Waals surface area contributed by atoms with Gasteiger partial charge in [-0.3, -0.25) is 0 Å². The number of fused-ring (bicyclic) bond motifs is 1. The van der Waals surface area contributed by atoms with Gasteiger partial charge in [-0.2, -0.15) is 11.8 Å². The summed E-state index contributed by atoms with van der Waals surface area (Å²) in [4.78, 5) is 14.8. The zero-order valence-electron chi connectivity index (χ0n) is 14.1. The van der Waals surface area contributed by atoms with E-state index in [1.165, 1.54) is 32.9 Å². The fourth-order valence-electron chi connectivity index (χ4n) is 3.13. The number of rotatable bonds is 3. The number of aryl methyl sites for hydroxylation is 2. The van der Waals surface area contributed by atoms with Crippen LogP contribution in [-0.4, -0.2) is 34.6 Å². The van der Waals surface area contributed by atoms with Crippen LogP contribution in [0, 0.1) is 13.8 Å². The predicted octanol–water partition coefficient (Wildman–Crippen LogP) is 4.45. The maximum atomic E-state index is 5.01. The van der Waals surface area contributed by atoms with Crippen molar-refractivity contribution in [3.63, 3.8) is 0 Å². The van der Waals surface area contributed by atoms with Gasteiger partial charge in [0, 0.05) is 35.9 Å². The summed E-state index contributed by atoms with van der Waals surface area (Å²) < 4.78 is 0. The first kappa shape index (κ1) is 15.9. The molecule has 2 aromatic heterocycles. The minimum Gasteiger partial charge on any atom is -0.354 e. The quantitative estimate of drug-likeness (QED) is 0.694. The number of hydrogen-bond donors (Lipinski definition) is 0. The van der Waals surface area contributed by atoms with Crippen LogP contribution in [0.25, 0.3) is 10.2 Å². The summed E-state index contributed by atoms with van der Waals surface area (Å²) in [5.41, 5.74) is 2.61. The van der Waals surface area contributed by atoms with Gasteiger partial charge < -0.3 is 4.90 Å². The molecule has 0 amide bonds. The number of benzene rings is 1. The molecule has 3 nitrogen and oxygen atoms in total. The Bertz CT molecular complexity index is 852. The fourth-order valence-corrected chi connectivity index (χ4v) is 5.08. The molecule has 1 saturated heterocycles. The van der Waals surface area contributed by atoms with Gasteiger partial charge in [-0.25, -0.2) is 9.97 Å². The average molecular weight is 356 g/mol. The van der Waals surface area contributed by atoms with Crippen molar-refractivity contribution in [1.82, 2.24) is 9.97 Å². The van der Waals surface area contributed by atoms with Crippen molar-refractivity contribution in [2.75, 3.05) is 29.5 Å². The smallest absolute Gasteiger partial charge is 0.141 e. The van der Waals surface area contributed by atoms with Gasteiger partial charge in [0.25, 0.3) is 0 Å². The molecule has 0 atom stereocenters. The van der Waals surface area contributed by atoms with Crippen LogP contribution in [0.1, 0.15) is 21.8 Å². The van der Waals surface area contributed by atoms with E-state index in [1.807, 2.05) is 11.8 Å². The summed E-state index contributed by atoms with van der Waals surface area (Å²) in [6.45, 7) is 6.55. The first-order valence-electron chi connectivity index (χ1n) is 8.35. The molecule has 1 aromatic carbocycles. The monoisotopic (exact) mass is 355 g/mol. The molecule has 1 aliphatic heterocycles. The minimum atomic E-state index is 0.794. The molecule has 3 aromatic rings. The van der Waals surface area contributed by atoms with Crippen LogP contribution in [0.5, 0.6) is 0 Å². The van der Waals surface area contributed by atoms with Crippen LogP contribution in [0.2, 0.25) is 0 Å². The van der Waals surface area contributed by atoms with E-state index in [1.54, 1.807) is 11.3 Å². The van der Waals surface area contributed by atoms with E-state index in [2.05, 4.69) is 49.1 Å². The van der Waals surface area contributed by atoms with E-state index in [4.69, 9.17) is 9.97 Å². The Morgan fingerprint density at radius 3 is 2.54 bits per heavy atom. The number of hydrogen-bond acceptors (Lipinski definition) is 5. The lowest BCUT2D eigenvalue weighted by atomic mass is 10.1. The van der Waals surface area contributed by atoms with E-state index in [9.17, 15) is 0 Å². The Balaban J connectivity index is 1.81. The van der Waals surface area contributed by atoms with Crippen LogP contribution in [-0.2, 0) is 6.42 Å². The highest BCUT2D eigenvalue weighted by atomic mass is 32.2. The summed E-state index contributed by atoms with van der Waals surface area (Å²) in [5, 5.41) is 1.27. The van der Waals surface area contributed by atoms with Gasteiger partial charge in [-0.05, 0) is 25.0 Å². The molecule has 0 unspecified atom stereocenters. The molecule has 0 saturated carbocycles. The van der Waals surface area contributed by atoms with Crippen LogP contribution in [0.3, 0.4) is 0 Å². The molecule has 5 heteroatoms.